The Morgan fingerprint density at radius 3 is 2.80 bits per heavy atom. The van der Waals surface area contributed by atoms with Gasteiger partial charge >= 0.3 is 6.03 Å². The maximum absolute atomic E-state index is 13.4. The van der Waals surface area contributed by atoms with Crippen molar-refractivity contribution in [1.82, 2.24) is 20.3 Å². The van der Waals surface area contributed by atoms with Crippen LogP contribution in [0.25, 0.3) is 22.5 Å². The highest BCUT2D eigenvalue weighted by molar-refractivity contribution is 6.31. The molecular weight excluding hydrogens is 347 g/mol. The van der Waals surface area contributed by atoms with E-state index >= 15 is 0 Å². The van der Waals surface area contributed by atoms with Gasteiger partial charge < -0.3 is 9.84 Å². The molecule has 0 spiro atoms. The van der Waals surface area contributed by atoms with Crippen LogP contribution in [0.1, 0.15) is 19.6 Å². The third kappa shape index (κ3) is 3.41. The summed E-state index contributed by atoms with van der Waals surface area (Å²) >= 11 is 5.86. The fourth-order valence-electron chi connectivity index (χ4n) is 2.40. The van der Waals surface area contributed by atoms with Gasteiger partial charge in [0.25, 0.3) is 0 Å². The van der Waals surface area contributed by atoms with Crippen LogP contribution >= 0.6 is 11.6 Å². The molecule has 3 aromatic rings. The van der Waals surface area contributed by atoms with E-state index in [1.165, 1.54) is 16.8 Å². The topological polar surface area (TPSA) is 73.0 Å². The van der Waals surface area contributed by atoms with E-state index in [0.717, 1.165) is 0 Å². The minimum atomic E-state index is -0.512. The molecule has 2 heterocycles. The first-order valence-corrected chi connectivity index (χ1v) is 8.03. The van der Waals surface area contributed by atoms with Gasteiger partial charge in [0, 0.05) is 17.8 Å². The van der Waals surface area contributed by atoms with Gasteiger partial charge in [0.2, 0.25) is 0 Å². The molecule has 0 saturated heterocycles. The van der Waals surface area contributed by atoms with Gasteiger partial charge in [-0.2, -0.15) is 9.78 Å². The molecule has 0 saturated carbocycles. The summed E-state index contributed by atoms with van der Waals surface area (Å²) in [6.45, 7) is 5.47. The van der Waals surface area contributed by atoms with Crippen LogP contribution in [0.5, 0.6) is 0 Å². The average Bonchev–Trinajstić information content (AvgIpc) is 3.16. The van der Waals surface area contributed by atoms with Gasteiger partial charge in [0.05, 0.1) is 16.3 Å². The molecule has 130 valence electrons. The second-order valence-electron chi connectivity index (χ2n) is 5.84. The summed E-state index contributed by atoms with van der Waals surface area (Å²) in [7, 11) is 0. The van der Waals surface area contributed by atoms with Gasteiger partial charge in [-0.25, -0.2) is 9.18 Å². The first kappa shape index (κ1) is 17.2. The van der Waals surface area contributed by atoms with Crippen LogP contribution in [0.3, 0.4) is 0 Å². The summed E-state index contributed by atoms with van der Waals surface area (Å²) in [5.74, 6) is 0.0202. The molecule has 0 bridgehead atoms. The molecule has 8 heteroatoms. The molecule has 0 aliphatic rings. The van der Waals surface area contributed by atoms with Crippen LogP contribution in [0.2, 0.25) is 5.02 Å². The molecule has 6 nitrogen and oxygen atoms in total. The predicted molar refractivity (Wildman–Crippen MR) is 91.9 cm³/mol. The highest BCUT2D eigenvalue weighted by Gasteiger charge is 2.20. The average molecular weight is 363 g/mol. The van der Waals surface area contributed by atoms with Crippen LogP contribution in [0.4, 0.5) is 9.18 Å². The van der Waals surface area contributed by atoms with Gasteiger partial charge in [0.15, 0.2) is 0 Å². The Morgan fingerprint density at radius 2 is 2.12 bits per heavy atom. The largest absolute Gasteiger partial charge is 0.360 e. The lowest BCUT2D eigenvalue weighted by molar-refractivity contribution is 0.237. The van der Waals surface area contributed by atoms with E-state index in [0.29, 0.717) is 28.3 Å². The predicted octanol–water partition coefficient (Wildman–Crippen LogP) is 4.27. The summed E-state index contributed by atoms with van der Waals surface area (Å²) in [5, 5.41) is 11.1. The lowest BCUT2D eigenvalue weighted by atomic mass is 10.0. The molecule has 0 radical (unpaired) electrons. The molecular formula is C17H16ClFN4O2. The Balaban J connectivity index is 2.01. The number of benzene rings is 1. The number of nitrogens with one attached hydrogen (secondary N) is 1. The fourth-order valence-corrected chi connectivity index (χ4v) is 2.58. The molecule has 0 atom stereocenters. The van der Waals surface area contributed by atoms with Crippen molar-refractivity contribution in [2.24, 2.45) is 0 Å². The van der Waals surface area contributed by atoms with Crippen molar-refractivity contribution < 1.29 is 13.7 Å². The van der Waals surface area contributed by atoms with E-state index in [1.807, 2.05) is 13.8 Å². The van der Waals surface area contributed by atoms with Crippen molar-refractivity contribution in [2.45, 2.75) is 26.8 Å². The standard InChI is InChI=1S/C17H16ClFN4O2/c1-9(2)20-17(24)23-7-6-14(21-23)15-10(3)25-22-16(15)11-4-5-13(19)12(18)8-11/h4-9H,1-3H3,(H,20,24). The van der Waals surface area contributed by atoms with Gasteiger partial charge in [-0.1, -0.05) is 16.8 Å². The third-order valence-corrected chi connectivity index (χ3v) is 3.81. The van der Waals surface area contributed by atoms with E-state index in [9.17, 15) is 9.18 Å². The summed E-state index contributed by atoms with van der Waals surface area (Å²) in [5.41, 5.74) is 2.22. The normalized spacial score (nSPS) is 11.1. The number of nitrogens with zero attached hydrogens (tertiary/aromatic N) is 3. The molecule has 3 rings (SSSR count). The molecule has 1 amide bonds. The first-order valence-electron chi connectivity index (χ1n) is 7.65. The fraction of sp³-hybridized carbons (Fsp3) is 0.235. The van der Waals surface area contributed by atoms with E-state index < -0.39 is 5.82 Å². The first-order chi connectivity index (χ1) is 11.9. The van der Waals surface area contributed by atoms with Gasteiger partial charge in [0.1, 0.15) is 17.3 Å². The van der Waals surface area contributed by atoms with E-state index in [4.69, 9.17) is 16.1 Å². The zero-order chi connectivity index (χ0) is 18.1. The van der Waals surface area contributed by atoms with Crippen LogP contribution in [0, 0.1) is 12.7 Å². The number of aromatic nitrogens is 3. The highest BCUT2D eigenvalue weighted by atomic mass is 35.5. The van der Waals surface area contributed by atoms with Crippen molar-refractivity contribution in [1.29, 1.82) is 0 Å². The number of aryl methyl sites for hydroxylation is 1. The molecule has 25 heavy (non-hydrogen) atoms. The Kier molecular flexibility index (Phi) is 4.59. The monoisotopic (exact) mass is 362 g/mol. The molecule has 0 aliphatic carbocycles. The van der Waals surface area contributed by atoms with Gasteiger partial charge in [-0.05, 0) is 45.0 Å². The minimum absolute atomic E-state index is 0.00519. The van der Waals surface area contributed by atoms with Gasteiger partial charge in [-0.15, -0.1) is 0 Å². The van der Waals surface area contributed by atoms with E-state index in [2.05, 4.69) is 15.6 Å². The molecule has 0 unspecified atom stereocenters. The Bertz CT molecular complexity index is 933. The summed E-state index contributed by atoms with van der Waals surface area (Å²) in [4.78, 5) is 12.1. The maximum atomic E-state index is 13.4. The number of carbonyl (C=O) groups is 1. The second kappa shape index (κ2) is 6.68. The Hall–Kier alpha value is -2.67. The second-order valence-corrected chi connectivity index (χ2v) is 6.25. The van der Waals surface area contributed by atoms with Crippen LogP contribution in [-0.4, -0.2) is 27.0 Å². The van der Waals surface area contributed by atoms with Crippen molar-refractivity contribution >= 4 is 17.6 Å². The molecule has 2 aromatic heterocycles. The number of amides is 1. The minimum Gasteiger partial charge on any atom is -0.360 e. The number of hydrogen-bond donors (Lipinski definition) is 1. The van der Waals surface area contributed by atoms with Crippen molar-refractivity contribution in [3.8, 4) is 22.5 Å². The summed E-state index contributed by atoms with van der Waals surface area (Å²) in [6.07, 6.45) is 1.56. The van der Waals surface area contributed by atoms with Crippen molar-refractivity contribution in [3.63, 3.8) is 0 Å². The summed E-state index contributed by atoms with van der Waals surface area (Å²) < 4.78 is 19.9. The number of carbonyl (C=O) groups excluding carboxylic acids is 1. The number of hydrogen-bond acceptors (Lipinski definition) is 4. The number of halogens is 2. The highest BCUT2D eigenvalue weighted by Crippen LogP contribution is 2.34. The summed E-state index contributed by atoms with van der Waals surface area (Å²) in [6, 6.07) is 5.65. The lowest BCUT2D eigenvalue weighted by Gasteiger charge is -2.07. The molecule has 1 N–H and O–H groups in total. The number of rotatable bonds is 3. The lowest BCUT2D eigenvalue weighted by Crippen LogP contribution is -2.34. The molecule has 0 fully saturated rings. The quantitative estimate of drug-likeness (QED) is 0.755. The van der Waals surface area contributed by atoms with E-state index in [1.54, 1.807) is 25.3 Å². The Morgan fingerprint density at radius 1 is 1.36 bits per heavy atom. The maximum Gasteiger partial charge on any atom is 0.342 e. The van der Waals surface area contributed by atoms with Crippen molar-refractivity contribution in [2.75, 3.05) is 0 Å². The van der Waals surface area contributed by atoms with Crippen LogP contribution < -0.4 is 5.32 Å². The van der Waals surface area contributed by atoms with Crippen LogP contribution in [0.15, 0.2) is 35.0 Å². The van der Waals surface area contributed by atoms with Crippen molar-refractivity contribution in [3.05, 3.63) is 47.1 Å². The third-order valence-electron chi connectivity index (χ3n) is 3.52. The zero-order valence-electron chi connectivity index (χ0n) is 13.9. The molecule has 1 aromatic carbocycles. The zero-order valence-corrected chi connectivity index (χ0v) is 14.6. The van der Waals surface area contributed by atoms with E-state index in [-0.39, 0.29) is 17.1 Å². The van der Waals surface area contributed by atoms with Gasteiger partial charge in [-0.3, -0.25) is 0 Å². The smallest absolute Gasteiger partial charge is 0.342 e. The Labute approximate surface area is 148 Å². The SMILES string of the molecule is Cc1onc(-c2ccc(F)c(Cl)c2)c1-c1ccn(C(=O)NC(C)C)n1. The molecule has 0 aliphatic heterocycles. The van der Waals surface area contributed by atoms with Crippen LogP contribution in [-0.2, 0) is 0 Å².